The highest BCUT2D eigenvalue weighted by atomic mass is 35.5. The number of carbonyl (C=O) groups excluding carboxylic acids is 1. The zero-order valence-corrected chi connectivity index (χ0v) is 16.8. The van der Waals surface area contributed by atoms with Crippen LogP contribution in [0.4, 0.5) is 5.69 Å². The summed E-state index contributed by atoms with van der Waals surface area (Å²) < 4.78 is 27.2. The van der Waals surface area contributed by atoms with Crippen LogP contribution in [-0.2, 0) is 26.0 Å². The number of carboxylic acid groups (broad SMARTS) is 1. The highest BCUT2D eigenvalue weighted by molar-refractivity contribution is 7.89. The summed E-state index contributed by atoms with van der Waals surface area (Å²) >= 11 is 5.82. The molecule has 0 fully saturated rings. The van der Waals surface area contributed by atoms with E-state index in [4.69, 9.17) is 11.6 Å². The molecule has 7 nitrogen and oxygen atoms in total. The molecule has 0 aliphatic heterocycles. The largest absolute Gasteiger partial charge is 0.481 e. The molecule has 0 aliphatic rings. The monoisotopic (exact) mass is 424 g/mol. The Bertz CT molecular complexity index is 928. The van der Waals surface area contributed by atoms with E-state index in [1.807, 2.05) is 0 Å². The Morgan fingerprint density at radius 3 is 2.21 bits per heavy atom. The molecule has 28 heavy (non-hydrogen) atoms. The second-order valence-corrected chi connectivity index (χ2v) is 8.35. The van der Waals surface area contributed by atoms with Crippen LogP contribution in [0.15, 0.2) is 53.4 Å². The van der Waals surface area contributed by atoms with Crippen molar-refractivity contribution < 1.29 is 23.1 Å². The molecule has 1 amide bonds. The predicted molar refractivity (Wildman–Crippen MR) is 107 cm³/mol. The molecule has 150 valence electrons. The zero-order valence-electron chi connectivity index (χ0n) is 15.2. The van der Waals surface area contributed by atoms with E-state index in [0.29, 0.717) is 17.1 Å². The van der Waals surface area contributed by atoms with Gasteiger partial charge in [-0.1, -0.05) is 30.7 Å². The molecule has 0 spiro atoms. The van der Waals surface area contributed by atoms with Crippen molar-refractivity contribution in [1.82, 2.24) is 4.72 Å². The van der Waals surface area contributed by atoms with Gasteiger partial charge in [-0.3, -0.25) is 9.59 Å². The van der Waals surface area contributed by atoms with Crippen LogP contribution in [0.25, 0.3) is 0 Å². The number of carboxylic acids is 1. The van der Waals surface area contributed by atoms with Crippen molar-refractivity contribution in [2.45, 2.75) is 24.7 Å². The smallest absolute Gasteiger partial charge is 0.308 e. The average Bonchev–Trinajstić information content (AvgIpc) is 2.66. The van der Waals surface area contributed by atoms with E-state index in [2.05, 4.69) is 10.0 Å². The first-order chi connectivity index (χ1) is 13.2. The molecule has 2 rings (SSSR count). The number of sulfonamides is 1. The second-order valence-electron chi connectivity index (χ2n) is 6.14. The fourth-order valence-electron chi connectivity index (χ4n) is 2.41. The van der Waals surface area contributed by atoms with Gasteiger partial charge in [0.15, 0.2) is 0 Å². The standard InChI is InChI=1S/C19H21ClN2O5S/c1-2-18(23)22-16-7-9-17(10-8-16)28(26,27)21-12-14(19(24)25)11-13-3-5-15(20)6-4-13/h3-10,14,21H,2,11-12H2,1H3,(H,22,23)(H,24,25). The average molecular weight is 425 g/mol. The van der Waals surface area contributed by atoms with Crippen molar-refractivity contribution >= 4 is 39.2 Å². The van der Waals surface area contributed by atoms with Crippen molar-refractivity contribution in [2.24, 2.45) is 5.92 Å². The van der Waals surface area contributed by atoms with Crippen LogP contribution in [0.3, 0.4) is 0 Å². The second kappa shape index (κ2) is 9.68. The molecule has 0 saturated heterocycles. The molecule has 1 atom stereocenters. The molecule has 1 unspecified atom stereocenters. The molecule has 0 radical (unpaired) electrons. The number of hydrogen-bond donors (Lipinski definition) is 3. The Kier molecular flexibility index (Phi) is 7.56. The predicted octanol–water partition coefficient (Wildman–Crippen LogP) is 2.91. The molecule has 0 aromatic heterocycles. The lowest BCUT2D eigenvalue weighted by Crippen LogP contribution is -2.34. The number of nitrogens with one attached hydrogen (secondary N) is 2. The number of amides is 1. The summed E-state index contributed by atoms with van der Waals surface area (Å²) in [5.41, 5.74) is 1.23. The highest BCUT2D eigenvalue weighted by Gasteiger charge is 2.22. The van der Waals surface area contributed by atoms with Gasteiger partial charge in [-0.2, -0.15) is 0 Å². The number of rotatable bonds is 9. The Morgan fingerprint density at radius 2 is 1.68 bits per heavy atom. The van der Waals surface area contributed by atoms with Crippen molar-refractivity contribution in [3.05, 3.63) is 59.1 Å². The van der Waals surface area contributed by atoms with Crippen LogP contribution in [-0.4, -0.2) is 31.9 Å². The summed E-state index contributed by atoms with van der Waals surface area (Å²) in [5, 5.41) is 12.6. The van der Waals surface area contributed by atoms with Gasteiger partial charge in [-0.05, 0) is 48.4 Å². The Labute approximate surface area is 168 Å². The molecule has 0 heterocycles. The fraction of sp³-hybridized carbons (Fsp3) is 0.263. The summed E-state index contributed by atoms with van der Waals surface area (Å²) in [6.07, 6.45) is 0.475. The SMILES string of the molecule is CCC(=O)Nc1ccc(S(=O)(=O)NCC(Cc2ccc(Cl)cc2)C(=O)O)cc1. The van der Waals surface area contributed by atoms with Gasteiger partial charge in [0.1, 0.15) is 0 Å². The highest BCUT2D eigenvalue weighted by Crippen LogP contribution is 2.16. The van der Waals surface area contributed by atoms with Crippen molar-refractivity contribution in [1.29, 1.82) is 0 Å². The van der Waals surface area contributed by atoms with E-state index < -0.39 is 21.9 Å². The molecule has 0 saturated carbocycles. The number of carbonyl (C=O) groups is 2. The number of hydrogen-bond acceptors (Lipinski definition) is 4. The first-order valence-corrected chi connectivity index (χ1v) is 10.4. The molecular formula is C19H21ClN2O5S. The van der Waals surface area contributed by atoms with E-state index in [1.165, 1.54) is 24.3 Å². The van der Waals surface area contributed by atoms with E-state index in [-0.39, 0.29) is 23.8 Å². The number of aliphatic carboxylic acids is 1. The summed E-state index contributed by atoms with van der Waals surface area (Å²) in [5.74, 6) is -2.21. The van der Waals surface area contributed by atoms with E-state index in [1.54, 1.807) is 31.2 Å². The molecular weight excluding hydrogens is 404 g/mol. The summed E-state index contributed by atoms with van der Waals surface area (Å²) in [4.78, 5) is 22.9. The quantitative estimate of drug-likeness (QED) is 0.572. The molecule has 3 N–H and O–H groups in total. The summed E-state index contributed by atoms with van der Waals surface area (Å²) in [6, 6.07) is 12.4. The molecule has 9 heteroatoms. The molecule has 0 aliphatic carbocycles. The van der Waals surface area contributed by atoms with Crippen molar-refractivity contribution in [2.75, 3.05) is 11.9 Å². The lowest BCUT2D eigenvalue weighted by molar-refractivity contribution is -0.141. The minimum absolute atomic E-state index is 0.0161. The number of benzene rings is 2. The van der Waals surface area contributed by atoms with Crippen LogP contribution in [0.2, 0.25) is 5.02 Å². The minimum atomic E-state index is -3.89. The summed E-state index contributed by atoms with van der Waals surface area (Å²) in [7, 11) is -3.89. The topological polar surface area (TPSA) is 113 Å². The van der Waals surface area contributed by atoms with Gasteiger partial charge in [-0.25, -0.2) is 13.1 Å². The maximum absolute atomic E-state index is 12.4. The molecule has 2 aromatic rings. The summed E-state index contributed by atoms with van der Waals surface area (Å²) in [6.45, 7) is 1.45. The third-order valence-corrected chi connectivity index (χ3v) is 5.73. The number of halogens is 1. The fourth-order valence-corrected chi connectivity index (χ4v) is 3.62. The van der Waals surface area contributed by atoms with E-state index >= 15 is 0 Å². The zero-order chi connectivity index (χ0) is 20.7. The maximum Gasteiger partial charge on any atom is 0.308 e. The molecule has 2 aromatic carbocycles. The van der Waals surface area contributed by atoms with Crippen LogP contribution in [0.1, 0.15) is 18.9 Å². The minimum Gasteiger partial charge on any atom is -0.481 e. The van der Waals surface area contributed by atoms with Crippen LogP contribution >= 0.6 is 11.6 Å². The van der Waals surface area contributed by atoms with Crippen molar-refractivity contribution in [3.63, 3.8) is 0 Å². The Balaban J connectivity index is 2.04. The third-order valence-electron chi connectivity index (χ3n) is 4.03. The first kappa shape index (κ1) is 21.9. The van der Waals surface area contributed by atoms with E-state index in [9.17, 15) is 23.1 Å². The van der Waals surface area contributed by atoms with Crippen LogP contribution in [0, 0.1) is 5.92 Å². The number of anilines is 1. The maximum atomic E-state index is 12.4. The Hall–Kier alpha value is -2.42. The van der Waals surface area contributed by atoms with Gasteiger partial charge >= 0.3 is 5.97 Å². The van der Waals surface area contributed by atoms with E-state index in [0.717, 1.165) is 5.56 Å². The van der Waals surface area contributed by atoms with Gasteiger partial charge in [0.05, 0.1) is 10.8 Å². The van der Waals surface area contributed by atoms with Gasteiger partial charge < -0.3 is 10.4 Å². The van der Waals surface area contributed by atoms with Crippen LogP contribution in [0.5, 0.6) is 0 Å². The van der Waals surface area contributed by atoms with Gasteiger partial charge in [-0.15, -0.1) is 0 Å². The first-order valence-electron chi connectivity index (χ1n) is 8.58. The molecule has 0 bridgehead atoms. The lowest BCUT2D eigenvalue weighted by Gasteiger charge is -2.14. The van der Waals surface area contributed by atoms with Crippen LogP contribution < -0.4 is 10.0 Å². The third kappa shape index (κ3) is 6.33. The van der Waals surface area contributed by atoms with Gasteiger partial charge in [0.2, 0.25) is 15.9 Å². The Morgan fingerprint density at radius 1 is 1.07 bits per heavy atom. The van der Waals surface area contributed by atoms with Gasteiger partial charge in [0.25, 0.3) is 0 Å². The van der Waals surface area contributed by atoms with Crippen molar-refractivity contribution in [3.8, 4) is 0 Å². The lowest BCUT2D eigenvalue weighted by atomic mass is 10.00. The van der Waals surface area contributed by atoms with Gasteiger partial charge in [0, 0.05) is 23.7 Å². The normalized spacial score (nSPS) is 12.4.